The lowest BCUT2D eigenvalue weighted by Gasteiger charge is -2.22. The van der Waals surface area contributed by atoms with Crippen LogP contribution in [0, 0.1) is 6.92 Å². The van der Waals surface area contributed by atoms with Crippen molar-refractivity contribution in [2.75, 3.05) is 0 Å². The minimum absolute atomic E-state index is 0.0864. The van der Waals surface area contributed by atoms with E-state index in [0.717, 1.165) is 22.4 Å². The van der Waals surface area contributed by atoms with Gasteiger partial charge in [-0.25, -0.2) is 5.01 Å². The fraction of sp³-hybridized carbons (Fsp3) is 0.250. The number of hydrogen-bond donors (Lipinski definition) is 1. The predicted octanol–water partition coefficient (Wildman–Crippen LogP) is 4.19. The SMILES string of the molecule is Cc1cccc([C@H]2CC(c3ccccc3Cl)=NN2C(=O)CCC(=O)O)c1. The van der Waals surface area contributed by atoms with E-state index in [4.69, 9.17) is 16.7 Å². The lowest BCUT2D eigenvalue weighted by Crippen LogP contribution is -2.27. The number of carboxylic acid groups (broad SMARTS) is 1. The Morgan fingerprint density at radius 3 is 2.65 bits per heavy atom. The first kappa shape index (κ1) is 18.1. The minimum atomic E-state index is -1.00. The maximum absolute atomic E-state index is 12.6. The third kappa shape index (κ3) is 3.94. The van der Waals surface area contributed by atoms with Crippen molar-refractivity contribution in [2.45, 2.75) is 32.2 Å². The Bertz CT molecular complexity index is 879. The molecule has 0 saturated heterocycles. The van der Waals surface area contributed by atoms with E-state index in [1.165, 1.54) is 5.01 Å². The van der Waals surface area contributed by atoms with Crippen LogP contribution in [0.25, 0.3) is 0 Å². The molecule has 1 amide bonds. The molecular formula is C20H19ClN2O3. The molecule has 2 aromatic rings. The van der Waals surface area contributed by atoms with E-state index < -0.39 is 5.97 Å². The average molecular weight is 371 g/mol. The normalized spacial score (nSPS) is 16.5. The summed E-state index contributed by atoms with van der Waals surface area (Å²) in [6, 6.07) is 15.0. The summed E-state index contributed by atoms with van der Waals surface area (Å²) in [5, 5.41) is 15.4. The lowest BCUT2D eigenvalue weighted by molar-refractivity contribution is -0.141. The summed E-state index contributed by atoms with van der Waals surface area (Å²) in [6.45, 7) is 1.99. The number of nitrogens with zero attached hydrogens (tertiary/aromatic N) is 2. The Kier molecular flexibility index (Phi) is 5.38. The number of aryl methyl sites for hydroxylation is 1. The second kappa shape index (κ2) is 7.70. The number of rotatable bonds is 5. The molecule has 1 atom stereocenters. The number of aliphatic carboxylic acids is 1. The van der Waals surface area contributed by atoms with Gasteiger partial charge in [0.1, 0.15) is 0 Å². The Morgan fingerprint density at radius 1 is 1.19 bits per heavy atom. The zero-order valence-electron chi connectivity index (χ0n) is 14.4. The number of hydrogen-bond acceptors (Lipinski definition) is 3. The molecule has 134 valence electrons. The zero-order valence-corrected chi connectivity index (χ0v) is 15.1. The van der Waals surface area contributed by atoms with Crippen LogP contribution >= 0.6 is 11.6 Å². The van der Waals surface area contributed by atoms with Crippen LogP contribution in [0.5, 0.6) is 0 Å². The van der Waals surface area contributed by atoms with Crippen LogP contribution in [0.1, 0.15) is 42.0 Å². The lowest BCUT2D eigenvalue weighted by atomic mass is 9.97. The van der Waals surface area contributed by atoms with Crippen molar-refractivity contribution in [2.24, 2.45) is 5.10 Å². The van der Waals surface area contributed by atoms with E-state index in [1.54, 1.807) is 6.07 Å². The van der Waals surface area contributed by atoms with Crippen LogP contribution in [-0.2, 0) is 9.59 Å². The summed E-state index contributed by atoms with van der Waals surface area (Å²) in [7, 11) is 0. The van der Waals surface area contributed by atoms with Crippen molar-refractivity contribution in [1.29, 1.82) is 0 Å². The monoisotopic (exact) mass is 370 g/mol. The summed E-state index contributed by atoms with van der Waals surface area (Å²) in [6.07, 6.45) is 0.232. The van der Waals surface area contributed by atoms with Crippen LogP contribution in [-0.4, -0.2) is 27.7 Å². The van der Waals surface area contributed by atoms with Crippen LogP contribution in [0.15, 0.2) is 53.6 Å². The molecule has 6 heteroatoms. The number of amides is 1. The third-order valence-corrected chi connectivity index (χ3v) is 4.66. The highest BCUT2D eigenvalue weighted by molar-refractivity contribution is 6.34. The van der Waals surface area contributed by atoms with Gasteiger partial charge < -0.3 is 5.11 Å². The topological polar surface area (TPSA) is 70.0 Å². The van der Waals surface area contributed by atoms with E-state index in [2.05, 4.69) is 5.10 Å². The van der Waals surface area contributed by atoms with Crippen molar-refractivity contribution >= 4 is 29.2 Å². The fourth-order valence-corrected chi connectivity index (χ4v) is 3.31. The van der Waals surface area contributed by atoms with Gasteiger partial charge in [0.05, 0.1) is 18.2 Å². The number of carbonyl (C=O) groups excluding carboxylic acids is 1. The summed E-state index contributed by atoms with van der Waals surface area (Å²) in [5.41, 5.74) is 3.58. The smallest absolute Gasteiger partial charge is 0.303 e. The molecule has 0 radical (unpaired) electrons. The number of benzene rings is 2. The largest absolute Gasteiger partial charge is 0.481 e. The standard InChI is InChI=1S/C20H19ClN2O3/c1-13-5-4-6-14(11-13)18-12-17(15-7-2-3-8-16(15)21)22-23(18)19(24)9-10-20(25)26/h2-8,11,18H,9-10,12H2,1H3,(H,25,26)/t18-/m1/s1. The van der Waals surface area contributed by atoms with Gasteiger partial charge in [0.15, 0.2) is 0 Å². The van der Waals surface area contributed by atoms with E-state index in [1.807, 2.05) is 49.4 Å². The second-order valence-electron chi connectivity index (χ2n) is 6.29. The van der Waals surface area contributed by atoms with E-state index in [0.29, 0.717) is 11.4 Å². The second-order valence-corrected chi connectivity index (χ2v) is 6.70. The molecule has 3 rings (SSSR count). The number of carboxylic acids is 1. The summed E-state index contributed by atoms with van der Waals surface area (Å²) < 4.78 is 0. The molecule has 26 heavy (non-hydrogen) atoms. The van der Waals surface area contributed by atoms with Crippen molar-refractivity contribution < 1.29 is 14.7 Å². The number of halogens is 1. The fourth-order valence-electron chi connectivity index (χ4n) is 3.06. The average Bonchev–Trinajstić information content (AvgIpc) is 3.05. The summed E-state index contributed by atoms with van der Waals surface area (Å²) >= 11 is 6.29. The van der Waals surface area contributed by atoms with Crippen molar-refractivity contribution in [3.05, 3.63) is 70.2 Å². The zero-order chi connectivity index (χ0) is 18.7. The van der Waals surface area contributed by atoms with Gasteiger partial charge in [-0.1, -0.05) is 59.6 Å². The molecule has 0 fully saturated rings. The Labute approximate surface area is 156 Å². The first-order chi connectivity index (χ1) is 12.5. The van der Waals surface area contributed by atoms with Gasteiger partial charge in [-0.05, 0) is 18.6 Å². The highest BCUT2D eigenvalue weighted by Gasteiger charge is 2.33. The first-order valence-electron chi connectivity index (χ1n) is 8.38. The van der Waals surface area contributed by atoms with Gasteiger partial charge in [-0.15, -0.1) is 0 Å². The molecule has 5 nitrogen and oxygen atoms in total. The molecule has 0 bridgehead atoms. The molecule has 0 unspecified atom stereocenters. The Balaban J connectivity index is 1.94. The highest BCUT2D eigenvalue weighted by Crippen LogP contribution is 2.35. The van der Waals surface area contributed by atoms with Gasteiger partial charge in [0.2, 0.25) is 5.91 Å². The molecule has 0 aromatic heterocycles. The molecule has 1 aliphatic heterocycles. The van der Waals surface area contributed by atoms with Crippen LogP contribution < -0.4 is 0 Å². The molecule has 0 saturated carbocycles. The minimum Gasteiger partial charge on any atom is -0.481 e. The maximum atomic E-state index is 12.6. The van der Waals surface area contributed by atoms with Crippen LogP contribution in [0.2, 0.25) is 5.02 Å². The molecule has 1 N–H and O–H groups in total. The predicted molar refractivity (Wildman–Crippen MR) is 100 cm³/mol. The third-order valence-electron chi connectivity index (χ3n) is 4.33. The number of carbonyl (C=O) groups is 2. The molecule has 1 aliphatic rings. The first-order valence-corrected chi connectivity index (χ1v) is 8.76. The van der Waals surface area contributed by atoms with Crippen molar-refractivity contribution in [1.82, 2.24) is 5.01 Å². The highest BCUT2D eigenvalue weighted by atomic mass is 35.5. The number of hydrazone groups is 1. The van der Waals surface area contributed by atoms with Gasteiger partial charge in [-0.2, -0.15) is 5.10 Å². The van der Waals surface area contributed by atoms with E-state index in [-0.39, 0.29) is 24.8 Å². The van der Waals surface area contributed by atoms with E-state index >= 15 is 0 Å². The summed E-state index contributed by atoms with van der Waals surface area (Å²) in [5.74, 6) is -1.30. The van der Waals surface area contributed by atoms with Gasteiger partial charge in [0.25, 0.3) is 0 Å². The Morgan fingerprint density at radius 2 is 1.96 bits per heavy atom. The molecule has 0 aliphatic carbocycles. The quantitative estimate of drug-likeness (QED) is 0.857. The molecular weight excluding hydrogens is 352 g/mol. The van der Waals surface area contributed by atoms with Gasteiger partial charge >= 0.3 is 5.97 Å². The van der Waals surface area contributed by atoms with Crippen LogP contribution in [0.3, 0.4) is 0 Å². The van der Waals surface area contributed by atoms with Gasteiger partial charge in [-0.3, -0.25) is 9.59 Å². The van der Waals surface area contributed by atoms with Crippen LogP contribution in [0.4, 0.5) is 0 Å². The van der Waals surface area contributed by atoms with Gasteiger partial charge in [0, 0.05) is 23.4 Å². The maximum Gasteiger partial charge on any atom is 0.303 e. The molecule has 0 spiro atoms. The summed E-state index contributed by atoms with van der Waals surface area (Å²) in [4.78, 5) is 23.4. The van der Waals surface area contributed by atoms with Crippen molar-refractivity contribution in [3.63, 3.8) is 0 Å². The van der Waals surface area contributed by atoms with E-state index in [9.17, 15) is 9.59 Å². The van der Waals surface area contributed by atoms with Crippen molar-refractivity contribution in [3.8, 4) is 0 Å². The Hall–Kier alpha value is -2.66. The molecule has 1 heterocycles. The molecule has 2 aromatic carbocycles.